The maximum atomic E-state index is 13.2. The number of pyridine rings is 1. The van der Waals surface area contributed by atoms with Crippen LogP contribution in [0.25, 0.3) is 0 Å². The van der Waals surface area contributed by atoms with Crippen LogP contribution in [0.4, 0.5) is 5.69 Å². The molecule has 28 heavy (non-hydrogen) atoms. The monoisotopic (exact) mass is 374 g/mol. The highest BCUT2D eigenvalue weighted by Crippen LogP contribution is 2.48. The number of aromatic nitrogens is 1. The number of benzene rings is 1. The van der Waals surface area contributed by atoms with Gasteiger partial charge in [-0.3, -0.25) is 19.5 Å². The molecule has 1 unspecified atom stereocenters. The van der Waals surface area contributed by atoms with Crippen LogP contribution in [0.15, 0.2) is 60.1 Å². The summed E-state index contributed by atoms with van der Waals surface area (Å²) in [5, 5.41) is 0. The summed E-state index contributed by atoms with van der Waals surface area (Å²) in [5.41, 5.74) is 4.56. The molecule has 1 aliphatic carbocycles. The summed E-state index contributed by atoms with van der Waals surface area (Å²) in [6.07, 6.45) is 5.90. The number of rotatable bonds is 3. The molecule has 1 aliphatic heterocycles. The molecule has 0 saturated carbocycles. The van der Waals surface area contributed by atoms with E-state index in [0.29, 0.717) is 19.3 Å². The normalized spacial score (nSPS) is 21.7. The first-order valence-electron chi connectivity index (χ1n) is 9.97. The molecule has 1 atom stereocenters. The maximum absolute atomic E-state index is 13.2. The second kappa shape index (κ2) is 7.01. The molecule has 0 saturated heterocycles. The van der Waals surface area contributed by atoms with Gasteiger partial charge in [-0.25, -0.2) is 0 Å². The van der Waals surface area contributed by atoms with Gasteiger partial charge in [0.25, 0.3) is 0 Å². The van der Waals surface area contributed by atoms with Crippen molar-refractivity contribution in [1.82, 2.24) is 4.98 Å². The minimum atomic E-state index is -0.162. The van der Waals surface area contributed by atoms with Crippen molar-refractivity contribution >= 4 is 17.4 Å². The van der Waals surface area contributed by atoms with Gasteiger partial charge in [-0.15, -0.1) is 0 Å². The highest BCUT2D eigenvalue weighted by atomic mass is 16.2. The van der Waals surface area contributed by atoms with E-state index in [1.54, 1.807) is 17.3 Å². The van der Waals surface area contributed by atoms with Gasteiger partial charge in [-0.1, -0.05) is 45.0 Å². The van der Waals surface area contributed by atoms with E-state index >= 15 is 0 Å². The fourth-order valence-electron chi connectivity index (χ4n) is 4.47. The van der Waals surface area contributed by atoms with Crippen molar-refractivity contribution in [1.29, 1.82) is 0 Å². The van der Waals surface area contributed by atoms with E-state index in [1.807, 2.05) is 12.1 Å². The molecule has 1 amide bonds. The quantitative estimate of drug-likeness (QED) is 0.775. The zero-order valence-corrected chi connectivity index (χ0v) is 16.7. The highest BCUT2D eigenvalue weighted by molar-refractivity contribution is 6.07. The van der Waals surface area contributed by atoms with Gasteiger partial charge in [0.15, 0.2) is 5.78 Å². The van der Waals surface area contributed by atoms with Gasteiger partial charge in [-0.05, 0) is 41.5 Å². The van der Waals surface area contributed by atoms with Crippen LogP contribution in [-0.4, -0.2) is 16.7 Å². The molecule has 1 aromatic carbocycles. The van der Waals surface area contributed by atoms with Crippen molar-refractivity contribution in [2.45, 2.75) is 52.4 Å². The summed E-state index contributed by atoms with van der Waals surface area (Å²) in [6.45, 7) is 6.32. The Balaban J connectivity index is 1.86. The second-order valence-electron chi connectivity index (χ2n) is 8.59. The number of aryl methyl sites for hydroxylation is 1. The van der Waals surface area contributed by atoms with Crippen molar-refractivity contribution in [3.63, 3.8) is 0 Å². The number of allylic oxidation sites excluding steroid dienone is 2. The molecule has 0 N–H and O–H groups in total. The Morgan fingerprint density at radius 3 is 2.50 bits per heavy atom. The Bertz CT molecular complexity index is 942. The van der Waals surface area contributed by atoms with Crippen LogP contribution in [0.5, 0.6) is 0 Å². The molecule has 0 spiro atoms. The molecule has 2 aromatic rings. The smallest absolute Gasteiger partial charge is 0.232 e. The van der Waals surface area contributed by atoms with Crippen molar-refractivity contribution in [2.24, 2.45) is 5.41 Å². The molecule has 4 rings (SSSR count). The standard InChI is InChI=1S/C24H26N2O2/c1-4-16-7-9-17(10-8-16)19-12-22(28)26(18-6-5-11-25-15-18)20-13-24(2,3)14-21(27)23(19)20/h5-11,15,19H,4,12-14H2,1-3H3. The first kappa shape index (κ1) is 18.6. The molecule has 144 valence electrons. The highest BCUT2D eigenvalue weighted by Gasteiger charge is 2.44. The van der Waals surface area contributed by atoms with Gasteiger partial charge in [0.05, 0.1) is 11.9 Å². The summed E-state index contributed by atoms with van der Waals surface area (Å²) >= 11 is 0. The minimum absolute atomic E-state index is 0.0295. The third-order valence-corrected chi connectivity index (χ3v) is 5.84. The van der Waals surface area contributed by atoms with E-state index in [-0.39, 0.29) is 23.0 Å². The molecule has 2 aliphatic rings. The summed E-state index contributed by atoms with van der Waals surface area (Å²) < 4.78 is 0. The van der Waals surface area contributed by atoms with E-state index in [1.165, 1.54) is 5.56 Å². The zero-order valence-electron chi connectivity index (χ0n) is 16.7. The van der Waals surface area contributed by atoms with E-state index in [9.17, 15) is 9.59 Å². The Hall–Kier alpha value is -2.75. The maximum Gasteiger partial charge on any atom is 0.232 e. The van der Waals surface area contributed by atoms with Crippen LogP contribution >= 0.6 is 0 Å². The van der Waals surface area contributed by atoms with Crippen molar-refractivity contribution in [2.75, 3.05) is 4.90 Å². The van der Waals surface area contributed by atoms with Crippen molar-refractivity contribution in [3.8, 4) is 0 Å². The first-order chi connectivity index (χ1) is 13.4. The first-order valence-corrected chi connectivity index (χ1v) is 9.97. The van der Waals surface area contributed by atoms with Gasteiger partial charge >= 0.3 is 0 Å². The second-order valence-corrected chi connectivity index (χ2v) is 8.59. The van der Waals surface area contributed by atoms with E-state index in [2.05, 4.69) is 50.0 Å². The molecule has 0 bridgehead atoms. The largest absolute Gasteiger partial charge is 0.294 e. The van der Waals surface area contributed by atoms with Crippen LogP contribution in [0, 0.1) is 5.41 Å². The number of carbonyl (C=O) groups excluding carboxylic acids is 2. The molecule has 0 fully saturated rings. The summed E-state index contributed by atoms with van der Waals surface area (Å²) in [4.78, 5) is 32.4. The van der Waals surface area contributed by atoms with Crippen LogP contribution in [-0.2, 0) is 16.0 Å². The number of carbonyl (C=O) groups is 2. The molecule has 4 heteroatoms. The summed E-state index contributed by atoms with van der Waals surface area (Å²) in [6, 6.07) is 12.1. The average Bonchev–Trinajstić information content (AvgIpc) is 2.67. The molecule has 0 radical (unpaired) electrons. The Morgan fingerprint density at radius 1 is 1.11 bits per heavy atom. The number of anilines is 1. The lowest BCUT2D eigenvalue weighted by Gasteiger charge is -2.42. The summed E-state index contributed by atoms with van der Waals surface area (Å²) in [7, 11) is 0. The molecule has 2 heterocycles. The van der Waals surface area contributed by atoms with E-state index < -0.39 is 0 Å². The molecule has 4 nitrogen and oxygen atoms in total. The number of hydrogen-bond donors (Lipinski definition) is 0. The fourth-order valence-corrected chi connectivity index (χ4v) is 4.47. The van der Waals surface area contributed by atoms with Gasteiger partial charge in [0.2, 0.25) is 5.91 Å². The predicted octanol–water partition coefficient (Wildman–Crippen LogP) is 4.81. The number of amides is 1. The minimum Gasteiger partial charge on any atom is -0.294 e. The van der Waals surface area contributed by atoms with E-state index in [0.717, 1.165) is 28.9 Å². The van der Waals surface area contributed by atoms with E-state index in [4.69, 9.17) is 0 Å². The predicted molar refractivity (Wildman–Crippen MR) is 110 cm³/mol. The van der Waals surface area contributed by atoms with Crippen molar-refractivity contribution < 1.29 is 9.59 Å². The van der Waals surface area contributed by atoms with Gasteiger partial charge in [-0.2, -0.15) is 0 Å². The lowest BCUT2D eigenvalue weighted by molar-refractivity contribution is -0.121. The van der Waals surface area contributed by atoms with Gasteiger partial charge < -0.3 is 0 Å². The third kappa shape index (κ3) is 3.28. The molecular weight excluding hydrogens is 348 g/mol. The average molecular weight is 374 g/mol. The number of hydrogen-bond acceptors (Lipinski definition) is 3. The van der Waals surface area contributed by atoms with Crippen molar-refractivity contribution in [3.05, 3.63) is 71.2 Å². The molecule has 1 aromatic heterocycles. The Labute approximate surface area is 166 Å². The fraction of sp³-hybridized carbons (Fsp3) is 0.375. The number of Topliss-reactive ketones (excluding diaryl/α,β-unsaturated/α-hetero) is 1. The molecular formula is C24H26N2O2. The third-order valence-electron chi connectivity index (χ3n) is 5.84. The van der Waals surface area contributed by atoms with Crippen LogP contribution in [0.1, 0.15) is 57.1 Å². The van der Waals surface area contributed by atoms with Gasteiger partial charge in [0, 0.05) is 36.2 Å². The van der Waals surface area contributed by atoms with Crippen LogP contribution in [0.2, 0.25) is 0 Å². The number of ketones is 1. The van der Waals surface area contributed by atoms with Crippen LogP contribution in [0.3, 0.4) is 0 Å². The Morgan fingerprint density at radius 2 is 1.86 bits per heavy atom. The Kier molecular flexibility index (Phi) is 4.66. The zero-order chi connectivity index (χ0) is 19.9. The lowest BCUT2D eigenvalue weighted by atomic mass is 9.69. The topological polar surface area (TPSA) is 50.3 Å². The van der Waals surface area contributed by atoms with Crippen LogP contribution < -0.4 is 4.90 Å². The SMILES string of the molecule is CCc1ccc(C2CC(=O)N(c3cccnc3)C3=C2C(=O)CC(C)(C)C3)cc1. The summed E-state index contributed by atoms with van der Waals surface area (Å²) in [5.74, 6) is 0.0314. The lowest BCUT2D eigenvalue weighted by Crippen LogP contribution is -2.43. The number of nitrogens with zero attached hydrogens (tertiary/aromatic N) is 2. The van der Waals surface area contributed by atoms with Gasteiger partial charge in [0.1, 0.15) is 0 Å².